The molecule has 0 radical (unpaired) electrons. The molecular weight excluding hydrogens is 404 g/mol. The minimum absolute atomic E-state index is 0.102. The predicted molar refractivity (Wildman–Crippen MR) is 123 cm³/mol. The smallest absolute Gasteiger partial charge is 0.181 e. The van der Waals surface area contributed by atoms with E-state index in [1.54, 1.807) is 26.4 Å². The molecule has 1 saturated heterocycles. The molecule has 1 aliphatic carbocycles. The van der Waals surface area contributed by atoms with E-state index in [0.717, 1.165) is 22.9 Å². The van der Waals surface area contributed by atoms with Gasteiger partial charge in [-0.15, -0.1) is 0 Å². The number of ketones is 2. The maximum Gasteiger partial charge on any atom is 0.181 e. The Bertz CT molecular complexity index is 1080. The number of benzene rings is 3. The van der Waals surface area contributed by atoms with Gasteiger partial charge in [0.25, 0.3) is 0 Å². The third kappa shape index (κ3) is 3.11. The summed E-state index contributed by atoms with van der Waals surface area (Å²) in [7, 11) is 3.26. The van der Waals surface area contributed by atoms with Gasteiger partial charge in [0.05, 0.1) is 20.9 Å². The first-order valence-electron chi connectivity index (χ1n) is 10.5. The van der Waals surface area contributed by atoms with Crippen molar-refractivity contribution in [3.8, 4) is 11.5 Å². The highest BCUT2D eigenvalue weighted by molar-refractivity contribution is 6.30. The van der Waals surface area contributed by atoms with E-state index in [1.165, 1.54) is 0 Å². The molecule has 5 rings (SSSR count). The number of nitrogens with zero attached hydrogens (tertiary/aromatic N) is 2. The summed E-state index contributed by atoms with van der Waals surface area (Å²) in [5.41, 5.74) is 1.74. The maximum absolute atomic E-state index is 13.6. The fourth-order valence-electron chi connectivity index (χ4n) is 4.72. The maximum atomic E-state index is 13.6. The summed E-state index contributed by atoms with van der Waals surface area (Å²) in [6.07, 6.45) is 0. The lowest BCUT2D eigenvalue weighted by Gasteiger charge is -2.46. The minimum atomic E-state index is -1.15. The van der Waals surface area contributed by atoms with Crippen LogP contribution in [0, 0.1) is 5.41 Å². The van der Waals surface area contributed by atoms with Crippen molar-refractivity contribution in [1.82, 2.24) is 0 Å². The van der Waals surface area contributed by atoms with Crippen molar-refractivity contribution in [3.63, 3.8) is 0 Å². The number of ether oxygens (including phenoxy) is 2. The van der Waals surface area contributed by atoms with Gasteiger partial charge in [-0.3, -0.25) is 9.59 Å². The van der Waals surface area contributed by atoms with Crippen LogP contribution in [-0.2, 0) is 0 Å². The molecule has 0 bridgehead atoms. The van der Waals surface area contributed by atoms with Crippen molar-refractivity contribution in [2.45, 2.75) is 0 Å². The molecule has 6 heteroatoms. The van der Waals surface area contributed by atoms with E-state index in [2.05, 4.69) is 9.80 Å². The Balaban J connectivity index is 1.57. The summed E-state index contributed by atoms with van der Waals surface area (Å²) >= 11 is 0. The topological polar surface area (TPSA) is 59.1 Å². The second-order valence-corrected chi connectivity index (χ2v) is 8.22. The highest BCUT2D eigenvalue weighted by atomic mass is 16.5. The second-order valence-electron chi connectivity index (χ2n) is 8.22. The molecule has 1 heterocycles. The van der Waals surface area contributed by atoms with Crippen molar-refractivity contribution in [2.24, 2.45) is 5.41 Å². The van der Waals surface area contributed by atoms with E-state index in [4.69, 9.17) is 9.47 Å². The van der Waals surface area contributed by atoms with E-state index >= 15 is 0 Å². The highest BCUT2D eigenvalue weighted by Crippen LogP contribution is 2.42. The van der Waals surface area contributed by atoms with Gasteiger partial charge in [0.1, 0.15) is 16.9 Å². The van der Waals surface area contributed by atoms with E-state index < -0.39 is 5.41 Å². The SMILES string of the molecule is COc1ccc(N2CN(c3ccc(OC)cc3)CC3(C2)C(=O)c2ccccc2C3=O)cc1. The predicted octanol–water partition coefficient (Wildman–Crippen LogP) is 4.05. The van der Waals surface area contributed by atoms with Gasteiger partial charge in [0.2, 0.25) is 0 Å². The van der Waals surface area contributed by atoms with Crippen molar-refractivity contribution in [3.05, 3.63) is 83.9 Å². The van der Waals surface area contributed by atoms with Gasteiger partial charge < -0.3 is 19.3 Å². The lowest BCUT2D eigenvalue weighted by Crippen LogP contribution is -2.60. The van der Waals surface area contributed by atoms with Crippen molar-refractivity contribution >= 4 is 22.9 Å². The van der Waals surface area contributed by atoms with Gasteiger partial charge in [0.15, 0.2) is 11.6 Å². The Morgan fingerprint density at radius 3 is 1.44 bits per heavy atom. The number of fused-ring (bicyclic) bond motifs is 1. The normalized spacial score (nSPS) is 16.9. The molecule has 2 aliphatic rings. The van der Waals surface area contributed by atoms with Crippen LogP contribution in [0.3, 0.4) is 0 Å². The summed E-state index contributed by atoms with van der Waals surface area (Å²) < 4.78 is 10.6. The molecule has 162 valence electrons. The number of Topliss-reactive ketones (excluding diaryl/α,β-unsaturated/α-hetero) is 2. The molecular formula is C26H24N2O4. The fraction of sp³-hybridized carbons (Fsp3) is 0.231. The number of hydrogen-bond acceptors (Lipinski definition) is 6. The first-order valence-corrected chi connectivity index (χ1v) is 10.5. The van der Waals surface area contributed by atoms with Gasteiger partial charge in [-0.1, -0.05) is 24.3 Å². The summed E-state index contributed by atoms with van der Waals surface area (Å²) in [5.74, 6) is 1.31. The minimum Gasteiger partial charge on any atom is -0.497 e. The average molecular weight is 428 g/mol. The lowest BCUT2D eigenvalue weighted by molar-refractivity contribution is 0.0698. The number of rotatable bonds is 4. The molecule has 1 aliphatic heterocycles. The van der Waals surface area contributed by atoms with Crippen molar-refractivity contribution in [1.29, 1.82) is 0 Å². The molecule has 32 heavy (non-hydrogen) atoms. The molecule has 3 aromatic carbocycles. The third-order valence-electron chi connectivity index (χ3n) is 6.42. The van der Waals surface area contributed by atoms with Crippen LogP contribution in [-0.4, -0.2) is 45.5 Å². The van der Waals surface area contributed by atoms with E-state index in [-0.39, 0.29) is 11.6 Å². The summed E-state index contributed by atoms with van der Waals surface area (Å²) in [6.45, 7) is 1.22. The molecule has 0 unspecified atom stereocenters. The zero-order chi connectivity index (χ0) is 22.3. The number of carbonyl (C=O) groups excluding carboxylic acids is 2. The molecule has 3 aromatic rings. The Kier molecular flexibility index (Phi) is 4.85. The van der Waals surface area contributed by atoms with Crippen LogP contribution in [0.1, 0.15) is 20.7 Å². The number of hydrogen-bond donors (Lipinski definition) is 0. The number of carbonyl (C=O) groups is 2. The van der Waals surface area contributed by atoms with E-state index in [9.17, 15) is 9.59 Å². The lowest BCUT2D eigenvalue weighted by atomic mass is 9.79. The van der Waals surface area contributed by atoms with Crippen LogP contribution in [0.4, 0.5) is 11.4 Å². The molecule has 6 nitrogen and oxygen atoms in total. The van der Waals surface area contributed by atoms with Crippen LogP contribution in [0.25, 0.3) is 0 Å². The van der Waals surface area contributed by atoms with Crippen LogP contribution in [0.15, 0.2) is 72.8 Å². The molecule has 1 fully saturated rings. The Morgan fingerprint density at radius 2 is 1.06 bits per heavy atom. The van der Waals surface area contributed by atoms with Crippen LogP contribution in [0.5, 0.6) is 11.5 Å². The molecule has 0 saturated carbocycles. The van der Waals surface area contributed by atoms with Gasteiger partial charge in [-0.25, -0.2) is 0 Å². The van der Waals surface area contributed by atoms with Gasteiger partial charge in [-0.2, -0.15) is 0 Å². The highest BCUT2D eigenvalue weighted by Gasteiger charge is 2.56. The van der Waals surface area contributed by atoms with Crippen LogP contribution < -0.4 is 19.3 Å². The first kappa shape index (κ1) is 20.1. The van der Waals surface area contributed by atoms with Crippen molar-refractivity contribution < 1.29 is 19.1 Å². The fourth-order valence-corrected chi connectivity index (χ4v) is 4.72. The molecule has 0 N–H and O–H groups in total. The quantitative estimate of drug-likeness (QED) is 0.585. The van der Waals surface area contributed by atoms with Gasteiger partial charge >= 0.3 is 0 Å². The van der Waals surface area contributed by atoms with E-state index in [1.807, 2.05) is 60.7 Å². The average Bonchev–Trinajstić information content (AvgIpc) is 3.05. The summed E-state index contributed by atoms with van der Waals surface area (Å²) in [4.78, 5) is 31.4. The van der Waals surface area contributed by atoms with Crippen LogP contribution in [0.2, 0.25) is 0 Å². The van der Waals surface area contributed by atoms with Gasteiger partial charge in [-0.05, 0) is 48.5 Å². The largest absolute Gasteiger partial charge is 0.497 e. The Hall–Kier alpha value is -3.80. The summed E-state index contributed by atoms with van der Waals surface area (Å²) in [6, 6.07) is 22.5. The zero-order valence-corrected chi connectivity index (χ0v) is 18.1. The van der Waals surface area contributed by atoms with Crippen molar-refractivity contribution in [2.75, 3.05) is 43.8 Å². The van der Waals surface area contributed by atoms with E-state index in [0.29, 0.717) is 30.9 Å². The van der Waals surface area contributed by atoms with Crippen LogP contribution >= 0.6 is 0 Å². The first-order chi connectivity index (χ1) is 15.6. The Labute approximate surface area is 187 Å². The molecule has 0 aromatic heterocycles. The monoisotopic (exact) mass is 428 g/mol. The van der Waals surface area contributed by atoms with Gasteiger partial charge in [0, 0.05) is 35.6 Å². The molecule has 0 amide bonds. The number of methoxy groups -OCH3 is 2. The second kappa shape index (κ2) is 7.71. The standard InChI is InChI=1S/C26H24N2O4/c1-31-20-11-7-18(8-12-20)27-15-26(24(29)22-5-3-4-6-23(22)25(26)30)16-28(17-27)19-9-13-21(32-2)14-10-19/h3-14H,15-17H2,1-2H3. The molecule has 0 atom stereocenters. The molecule has 1 spiro atoms. The Morgan fingerprint density at radius 1 is 0.656 bits per heavy atom. The third-order valence-corrected chi connectivity index (χ3v) is 6.42. The summed E-state index contributed by atoms with van der Waals surface area (Å²) in [5, 5.41) is 0. The zero-order valence-electron chi connectivity index (χ0n) is 18.1. The number of anilines is 2.